The van der Waals surface area contributed by atoms with Crippen molar-refractivity contribution in [2.45, 2.75) is 25.4 Å². The van der Waals surface area contributed by atoms with Crippen LogP contribution in [0.2, 0.25) is 0 Å². The normalized spacial score (nSPS) is 16.8. The third-order valence-electron chi connectivity index (χ3n) is 4.44. The Morgan fingerprint density at radius 1 is 1.36 bits per heavy atom. The van der Waals surface area contributed by atoms with Crippen LogP contribution in [0, 0.1) is 5.41 Å². The molecule has 1 aromatic heterocycles. The minimum atomic E-state index is -2.73. The molecule has 0 unspecified atom stereocenters. The molecule has 9 heteroatoms. The van der Waals surface area contributed by atoms with E-state index >= 15 is 0 Å². The summed E-state index contributed by atoms with van der Waals surface area (Å²) in [5.41, 5.74) is 7.24. The number of nitrogen functional groups attached to an aromatic ring is 1. The molecule has 2 heterocycles. The molecular weight excluding hydrogens is 368 g/mol. The summed E-state index contributed by atoms with van der Waals surface area (Å²) in [5, 5.41) is 8.50. The summed E-state index contributed by atoms with van der Waals surface area (Å²) in [6.45, 7) is 2.11. The zero-order valence-corrected chi connectivity index (χ0v) is 15.8. The fourth-order valence-electron chi connectivity index (χ4n) is 3.05. The number of halogens is 2. The maximum atomic E-state index is 13.5. The van der Waals surface area contributed by atoms with E-state index in [1.165, 1.54) is 17.3 Å². The molecule has 1 saturated heterocycles. The van der Waals surface area contributed by atoms with Gasteiger partial charge >= 0.3 is 0 Å². The first-order valence-corrected chi connectivity index (χ1v) is 8.88. The average molecular weight is 391 g/mol. The van der Waals surface area contributed by atoms with Crippen LogP contribution in [0.4, 0.5) is 20.3 Å². The number of ether oxygens (including phenoxy) is 2. The quantitative estimate of drug-likeness (QED) is 0.556. The number of rotatable bonds is 7. The Balaban J connectivity index is 1.83. The molecule has 0 aliphatic carbocycles. The van der Waals surface area contributed by atoms with Crippen molar-refractivity contribution >= 4 is 17.2 Å². The molecule has 1 aliphatic heterocycles. The van der Waals surface area contributed by atoms with E-state index in [1.807, 2.05) is 6.92 Å². The number of alkyl halides is 2. The predicted molar refractivity (Wildman–Crippen MR) is 103 cm³/mol. The Morgan fingerprint density at radius 2 is 2.14 bits per heavy atom. The second kappa shape index (κ2) is 8.05. The van der Waals surface area contributed by atoms with Gasteiger partial charge in [-0.25, -0.2) is 18.7 Å². The second-order valence-electron chi connectivity index (χ2n) is 6.80. The van der Waals surface area contributed by atoms with Crippen LogP contribution in [0.1, 0.15) is 24.6 Å². The van der Waals surface area contributed by atoms with Gasteiger partial charge in [0.05, 0.1) is 24.6 Å². The van der Waals surface area contributed by atoms with Gasteiger partial charge in [-0.1, -0.05) is 0 Å². The number of hydrogen-bond donors (Lipinski definition) is 2. The van der Waals surface area contributed by atoms with Crippen LogP contribution in [-0.4, -0.2) is 54.5 Å². The molecule has 7 nitrogen and oxygen atoms in total. The lowest BCUT2D eigenvalue weighted by molar-refractivity contribution is 0.0256. The van der Waals surface area contributed by atoms with Crippen molar-refractivity contribution in [3.05, 3.63) is 41.9 Å². The lowest BCUT2D eigenvalue weighted by atomic mass is 10.0. The molecule has 150 valence electrons. The first-order valence-electron chi connectivity index (χ1n) is 8.88. The van der Waals surface area contributed by atoms with Gasteiger partial charge in [0.2, 0.25) is 0 Å². The van der Waals surface area contributed by atoms with Crippen LogP contribution < -0.4 is 15.4 Å². The van der Waals surface area contributed by atoms with Gasteiger partial charge in [0.15, 0.2) is 0 Å². The molecule has 3 rings (SSSR count). The predicted octanol–water partition coefficient (Wildman–Crippen LogP) is 2.73. The fraction of sp³-hybridized carbons (Fsp3) is 0.421. The topological polar surface area (TPSA) is 97.4 Å². The number of nitrogens with one attached hydrogen (secondary N) is 1. The average Bonchev–Trinajstić information content (AvgIpc) is 3.03. The molecule has 0 spiro atoms. The van der Waals surface area contributed by atoms with Crippen molar-refractivity contribution < 1.29 is 18.3 Å². The first-order chi connectivity index (χ1) is 13.3. The number of anilines is 2. The standard InChI is InChI=1S/C19H23F2N5O2/c1-12(9-27-2)28-13-3-4-15(22)14(7-13)18(23)16-8-17(25-11-24-16)26-6-5-19(20,21)10-26/h3-4,7-8,11-12,23H,5-6,9-10,22H2,1-2H3/t12-/m0/s1. The Morgan fingerprint density at radius 3 is 2.82 bits per heavy atom. The molecule has 1 aliphatic rings. The van der Waals surface area contributed by atoms with Gasteiger partial charge < -0.3 is 20.1 Å². The van der Waals surface area contributed by atoms with E-state index in [9.17, 15) is 8.78 Å². The third kappa shape index (κ3) is 4.53. The summed E-state index contributed by atoms with van der Waals surface area (Å²) < 4.78 is 37.8. The minimum Gasteiger partial charge on any atom is -0.488 e. The van der Waals surface area contributed by atoms with E-state index in [0.717, 1.165) is 0 Å². The highest BCUT2D eigenvalue weighted by molar-refractivity contribution is 6.13. The number of hydrogen-bond acceptors (Lipinski definition) is 7. The van der Waals surface area contributed by atoms with Gasteiger partial charge in [0.1, 0.15) is 24.0 Å². The van der Waals surface area contributed by atoms with Crippen molar-refractivity contribution in [2.24, 2.45) is 0 Å². The monoisotopic (exact) mass is 391 g/mol. The van der Waals surface area contributed by atoms with E-state index in [2.05, 4.69) is 9.97 Å². The summed E-state index contributed by atoms with van der Waals surface area (Å²) in [7, 11) is 1.59. The van der Waals surface area contributed by atoms with Crippen molar-refractivity contribution in [1.82, 2.24) is 9.97 Å². The Bertz CT molecular complexity index is 862. The summed E-state index contributed by atoms with van der Waals surface area (Å²) in [6.07, 6.45) is 0.890. The molecule has 0 radical (unpaired) electrons. The molecule has 0 bridgehead atoms. The summed E-state index contributed by atoms with van der Waals surface area (Å²) in [6, 6.07) is 6.57. The minimum absolute atomic E-state index is 0.0666. The maximum Gasteiger partial charge on any atom is 0.266 e. The third-order valence-corrected chi connectivity index (χ3v) is 4.44. The van der Waals surface area contributed by atoms with Crippen LogP contribution in [0.25, 0.3) is 0 Å². The molecule has 1 aromatic carbocycles. The van der Waals surface area contributed by atoms with Crippen molar-refractivity contribution in [2.75, 3.05) is 37.4 Å². The highest BCUT2D eigenvalue weighted by Crippen LogP contribution is 2.30. The number of aromatic nitrogens is 2. The Kier molecular flexibility index (Phi) is 5.73. The summed E-state index contributed by atoms with van der Waals surface area (Å²) in [5.74, 6) is -1.81. The van der Waals surface area contributed by atoms with Gasteiger partial charge in [0.25, 0.3) is 5.92 Å². The highest BCUT2D eigenvalue weighted by atomic mass is 19.3. The van der Waals surface area contributed by atoms with E-state index in [1.54, 1.807) is 25.3 Å². The van der Waals surface area contributed by atoms with Crippen LogP contribution >= 0.6 is 0 Å². The lowest BCUT2D eigenvalue weighted by Gasteiger charge is -2.18. The summed E-state index contributed by atoms with van der Waals surface area (Å²) in [4.78, 5) is 9.69. The molecule has 28 heavy (non-hydrogen) atoms. The van der Waals surface area contributed by atoms with Gasteiger partial charge in [0, 0.05) is 37.4 Å². The molecule has 0 amide bonds. The molecule has 1 fully saturated rings. The molecule has 0 saturated carbocycles. The number of benzene rings is 1. The van der Waals surface area contributed by atoms with Gasteiger partial charge in [-0.2, -0.15) is 0 Å². The van der Waals surface area contributed by atoms with Crippen LogP contribution in [0.15, 0.2) is 30.6 Å². The second-order valence-corrected chi connectivity index (χ2v) is 6.80. The number of methoxy groups -OCH3 is 1. The van der Waals surface area contributed by atoms with Crippen LogP contribution in [-0.2, 0) is 4.74 Å². The van der Waals surface area contributed by atoms with Gasteiger partial charge in [-0.3, -0.25) is 5.41 Å². The molecule has 1 atom stereocenters. The van der Waals surface area contributed by atoms with Crippen molar-refractivity contribution in [3.8, 4) is 5.75 Å². The van der Waals surface area contributed by atoms with Gasteiger partial charge in [-0.15, -0.1) is 0 Å². The molecule has 2 aromatic rings. The van der Waals surface area contributed by atoms with Crippen molar-refractivity contribution in [1.29, 1.82) is 5.41 Å². The van der Waals surface area contributed by atoms with E-state index in [-0.39, 0.29) is 31.3 Å². The smallest absolute Gasteiger partial charge is 0.266 e. The van der Waals surface area contributed by atoms with Crippen molar-refractivity contribution in [3.63, 3.8) is 0 Å². The molecular formula is C19H23F2N5O2. The van der Waals surface area contributed by atoms with E-state index in [0.29, 0.717) is 35.1 Å². The SMILES string of the molecule is COC[C@H](C)Oc1ccc(N)c(C(=N)c2cc(N3CCC(F)(F)C3)ncn2)c1. The largest absolute Gasteiger partial charge is 0.488 e. The Hall–Kier alpha value is -2.81. The summed E-state index contributed by atoms with van der Waals surface area (Å²) >= 11 is 0. The lowest BCUT2D eigenvalue weighted by Crippen LogP contribution is -2.26. The van der Waals surface area contributed by atoms with Crippen LogP contribution in [0.5, 0.6) is 5.75 Å². The zero-order chi connectivity index (χ0) is 20.3. The van der Waals surface area contributed by atoms with Gasteiger partial charge in [-0.05, 0) is 25.1 Å². The first kappa shape index (κ1) is 19.9. The number of nitrogens with two attached hydrogens (primary N) is 1. The van der Waals surface area contributed by atoms with E-state index < -0.39 is 5.92 Å². The Labute approximate surface area is 162 Å². The highest BCUT2D eigenvalue weighted by Gasteiger charge is 2.38. The molecule has 3 N–H and O–H groups in total. The zero-order valence-electron chi connectivity index (χ0n) is 15.8. The van der Waals surface area contributed by atoms with Crippen LogP contribution in [0.3, 0.4) is 0 Å². The van der Waals surface area contributed by atoms with E-state index in [4.69, 9.17) is 20.6 Å². The maximum absolute atomic E-state index is 13.5. The number of nitrogens with zero attached hydrogens (tertiary/aromatic N) is 3. The fourth-order valence-corrected chi connectivity index (χ4v) is 3.05.